The van der Waals surface area contributed by atoms with Gasteiger partial charge in [0.2, 0.25) is 0 Å². The topological polar surface area (TPSA) is 60.9 Å². The number of halogens is 1. The van der Waals surface area contributed by atoms with E-state index in [2.05, 4.69) is 4.90 Å². The van der Waals surface area contributed by atoms with Crippen LogP contribution in [0.2, 0.25) is 0 Å². The number of nitrogens with zero attached hydrogens (tertiary/aromatic N) is 3. The molecule has 8 heteroatoms. The molecule has 0 radical (unpaired) electrons. The van der Waals surface area contributed by atoms with Gasteiger partial charge in [-0.3, -0.25) is 9.10 Å². The molecule has 200 valence electrons. The minimum Gasteiger partial charge on any atom is -0.338 e. The summed E-state index contributed by atoms with van der Waals surface area (Å²) in [4.78, 5) is 17.8. The van der Waals surface area contributed by atoms with E-state index in [4.69, 9.17) is 0 Å². The Kier molecular flexibility index (Phi) is 7.54. The Labute approximate surface area is 224 Å². The van der Waals surface area contributed by atoms with Crippen molar-refractivity contribution in [1.29, 1.82) is 0 Å². The van der Waals surface area contributed by atoms with Gasteiger partial charge in [0.25, 0.3) is 15.9 Å². The fraction of sp³-hybridized carbons (Fsp3) is 0.367. The standard InChI is InChI=1S/C30H34FN3O3S/c1-22-8-6-9-23(2)29(22)30(35)33-20-24-18-32(19-25(24)21-33)16-7-17-34(27-14-12-26(31)13-15-27)38(36,37)28-10-4-3-5-11-28/h3-6,8-15,24-25H,7,16-21H2,1-2H3. The average molecular weight is 536 g/mol. The Hall–Kier alpha value is -3.23. The second-order valence-corrected chi connectivity index (χ2v) is 12.3. The molecule has 0 saturated carbocycles. The Morgan fingerprint density at radius 1 is 0.868 bits per heavy atom. The van der Waals surface area contributed by atoms with Crippen molar-refractivity contribution in [2.24, 2.45) is 11.8 Å². The molecule has 0 spiro atoms. The summed E-state index contributed by atoms with van der Waals surface area (Å²) in [6, 6.07) is 19.9. The number of fused-ring (bicyclic) bond motifs is 1. The number of aryl methyl sites for hydroxylation is 2. The number of likely N-dealkylation sites (tertiary alicyclic amines) is 2. The Bertz CT molecular complexity index is 1360. The maximum Gasteiger partial charge on any atom is 0.264 e. The number of benzene rings is 3. The number of hydrogen-bond donors (Lipinski definition) is 0. The highest BCUT2D eigenvalue weighted by molar-refractivity contribution is 7.92. The van der Waals surface area contributed by atoms with E-state index in [0.717, 1.165) is 49.4 Å². The van der Waals surface area contributed by atoms with Crippen LogP contribution < -0.4 is 4.31 Å². The van der Waals surface area contributed by atoms with E-state index in [-0.39, 0.29) is 10.8 Å². The molecule has 38 heavy (non-hydrogen) atoms. The number of amides is 1. The smallest absolute Gasteiger partial charge is 0.264 e. The Morgan fingerprint density at radius 3 is 2.08 bits per heavy atom. The van der Waals surface area contributed by atoms with Gasteiger partial charge in [0, 0.05) is 38.3 Å². The molecule has 2 aliphatic heterocycles. The van der Waals surface area contributed by atoms with Crippen LogP contribution in [0.1, 0.15) is 27.9 Å². The fourth-order valence-corrected chi connectivity index (χ4v) is 7.43. The van der Waals surface area contributed by atoms with Gasteiger partial charge in [-0.25, -0.2) is 12.8 Å². The van der Waals surface area contributed by atoms with Gasteiger partial charge in [-0.2, -0.15) is 0 Å². The van der Waals surface area contributed by atoms with Gasteiger partial charge in [-0.1, -0.05) is 36.4 Å². The highest BCUT2D eigenvalue weighted by atomic mass is 32.2. The van der Waals surface area contributed by atoms with Crippen molar-refractivity contribution in [3.05, 3.63) is 95.3 Å². The summed E-state index contributed by atoms with van der Waals surface area (Å²) in [6.07, 6.45) is 0.647. The molecule has 3 aromatic carbocycles. The van der Waals surface area contributed by atoms with Gasteiger partial charge in [-0.05, 0) is 86.2 Å². The van der Waals surface area contributed by atoms with Crippen molar-refractivity contribution < 1.29 is 17.6 Å². The minimum absolute atomic E-state index is 0.127. The van der Waals surface area contributed by atoms with E-state index >= 15 is 0 Å². The molecule has 5 rings (SSSR count). The third kappa shape index (κ3) is 5.33. The summed E-state index contributed by atoms with van der Waals surface area (Å²) in [7, 11) is -3.78. The third-order valence-corrected chi connectivity index (χ3v) is 9.67. The third-order valence-electron chi connectivity index (χ3n) is 7.83. The van der Waals surface area contributed by atoms with Crippen LogP contribution in [0, 0.1) is 31.5 Å². The Morgan fingerprint density at radius 2 is 1.47 bits per heavy atom. The first-order valence-electron chi connectivity index (χ1n) is 13.2. The molecule has 1 amide bonds. The first-order valence-corrected chi connectivity index (χ1v) is 14.6. The minimum atomic E-state index is -3.78. The molecule has 2 fully saturated rings. The largest absolute Gasteiger partial charge is 0.338 e. The van der Waals surface area contributed by atoms with Crippen molar-refractivity contribution in [2.45, 2.75) is 25.2 Å². The molecule has 0 aliphatic carbocycles. The summed E-state index contributed by atoms with van der Waals surface area (Å²) in [5, 5.41) is 0. The summed E-state index contributed by atoms with van der Waals surface area (Å²) >= 11 is 0. The van der Waals surface area contributed by atoms with Crippen molar-refractivity contribution in [1.82, 2.24) is 9.80 Å². The molecule has 0 bridgehead atoms. The van der Waals surface area contributed by atoms with Crippen molar-refractivity contribution >= 4 is 21.6 Å². The van der Waals surface area contributed by atoms with Gasteiger partial charge in [0.15, 0.2) is 0 Å². The van der Waals surface area contributed by atoms with E-state index in [1.54, 1.807) is 30.3 Å². The van der Waals surface area contributed by atoms with E-state index < -0.39 is 15.8 Å². The second-order valence-electron chi connectivity index (χ2n) is 10.5. The lowest BCUT2D eigenvalue weighted by Gasteiger charge is -2.26. The van der Waals surface area contributed by atoms with Crippen LogP contribution in [-0.2, 0) is 10.0 Å². The van der Waals surface area contributed by atoms with E-state index in [9.17, 15) is 17.6 Å². The van der Waals surface area contributed by atoms with Crippen LogP contribution in [0.4, 0.5) is 10.1 Å². The molecular formula is C30H34FN3O3S. The SMILES string of the molecule is Cc1cccc(C)c1C(=O)N1CC2CN(CCCN(c3ccc(F)cc3)S(=O)(=O)c3ccccc3)CC2C1. The molecule has 2 saturated heterocycles. The molecule has 3 aromatic rings. The van der Waals surface area contributed by atoms with Gasteiger partial charge >= 0.3 is 0 Å². The summed E-state index contributed by atoms with van der Waals surface area (Å²) < 4.78 is 41.8. The molecule has 6 nitrogen and oxygen atoms in total. The summed E-state index contributed by atoms with van der Waals surface area (Å²) in [5.74, 6) is 0.594. The first kappa shape index (κ1) is 26.4. The highest BCUT2D eigenvalue weighted by Gasteiger charge is 2.42. The summed E-state index contributed by atoms with van der Waals surface area (Å²) in [6.45, 7) is 8.38. The van der Waals surface area contributed by atoms with Gasteiger partial charge in [-0.15, -0.1) is 0 Å². The maximum atomic E-state index is 13.6. The molecule has 2 heterocycles. The van der Waals surface area contributed by atoms with E-state index in [1.807, 2.05) is 36.9 Å². The quantitative estimate of drug-likeness (QED) is 0.418. The predicted molar refractivity (Wildman–Crippen MR) is 147 cm³/mol. The predicted octanol–water partition coefficient (Wildman–Crippen LogP) is 4.73. The average Bonchev–Trinajstić information content (AvgIpc) is 3.47. The molecule has 2 aliphatic rings. The Balaban J connectivity index is 1.20. The van der Waals surface area contributed by atoms with E-state index in [0.29, 0.717) is 30.5 Å². The number of anilines is 1. The molecule has 2 atom stereocenters. The van der Waals surface area contributed by atoms with Crippen molar-refractivity contribution in [3.63, 3.8) is 0 Å². The van der Waals surface area contributed by atoms with Crippen LogP contribution in [0.15, 0.2) is 77.7 Å². The molecular weight excluding hydrogens is 501 g/mol. The number of carbonyl (C=O) groups is 1. The zero-order valence-corrected chi connectivity index (χ0v) is 22.7. The van der Waals surface area contributed by atoms with Gasteiger partial charge in [0.1, 0.15) is 5.82 Å². The highest BCUT2D eigenvalue weighted by Crippen LogP contribution is 2.33. The van der Waals surface area contributed by atoms with Gasteiger partial charge in [0.05, 0.1) is 10.6 Å². The number of hydrogen-bond acceptors (Lipinski definition) is 4. The van der Waals surface area contributed by atoms with Gasteiger partial charge < -0.3 is 9.80 Å². The number of rotatable bonds is 8. The van der Waals surface area contributed by atoms with Crippen molar-refractivity contribution in [2.75, 3.05) is 43.6 Å². The number of carbonyl (C=O) groups excluding carboxylic acids is 1. The maximum absolute atomic E-state index is 13.6. The monoisotopic (exact) mass is 535 g/mol. The van der Waals surface area contributed by atoms with E-state index in [1.165, 1.54) is 28.6 Å². The van der Waals surface area contributed by atoms with Crippen LogP contribution >= 0.6 is 0 Å². The molecule has 2 unspecified atom stereocenters. The zero-order valence-electron chi connectivity index (χ0n) is 21.9. The van der Waals surface area contributed by atoms with Crippen LogP contribution in [0.5, 0.6) is 0 Å². The van der Waals surface area contributed by atoms with Crippen LogP contribution in [0.3, 0.4) is 0 Å². The molecule has 0 N–H and O–H groups in total. The first-order chi connectivity index (χ1) is 18.2. The molecule has 0 aromatic heterocycles. The number of sulfonamides is 1. The lowest BCUT2D eigenvalue weighted by atomic mass is 10.0. The lowest BCUT2D eigenvalue weighted by molar-refractivity contribution is 0.0772. The van der Waals surface area contributed by atoms with Crippen LogP contribution in [-0.4, -0.2) is 63.4 Å². The van der Waals surface area contributed by atoms with Crippen molar-refractivity contribution in [3.8, 4) is 0 Å². The normalized spacial score (nSPS) is 19.5. The zero-order chi connectivity index (χ0) is 26.9. The summed E-state index contributed by atoms with van der Waals surface area (Å²) in [5.41, 5.74) is 3.31. The van der Waals surface area contributed by atoms with Crippen LogP contribution in [0.25, 0.3) is 0 Å². The second kappa shape index (κ2) is 10.9. The fourth-order valence-electron chi connectivity index (χ4n) is 5.90. The lowest BCUT2D eigenvalue weighted by Crippen LogP contribution is -2.36.